The van der Waals surface area contributed by atoms with Gasteiger partial charge >= 0.3 is 6.11 Å². The first kappa shape index (κ1) is 7.52. The molecule has 1 nitrogen and oxygen atoms in total. The molecular weight excluding hydrogens is 142 g/mol. The summed E-state index contributed by atoms with van der Waals surface area (Å²) in [5, 5.41) is 7.61. The molecule has 0 heterocycles. The van der Waals surface area contributed by atoms with Crippen LogP contribution in [-0.2, 0) is 0 Å². The summed E-state index contributed by atoms with van der Waals surface area (Å²) in [6.45, 7) is 0. The second-order valence-corrected chi connectivity index (χ2v) is 2.26. The molecule has 44 valence electrons. The van der Waals surface area contributed by atoms with Crippen LogP contribution in [0.3, 0.4) is 0 Å². The molecule has 0 unspecified atom stereocenters. The van der Waals surface area contributed by atoms with Crippen molar-refractivity contribution >= 4 is 22.5 Å². The molecule has 0 aromatic carbocycles. The summed E-state index contributed by atoms with van der Waals surface area (Å²) >= 11 is 3.39. The van der Waals surface area contributed by atoms with Gasteiger partial charge in [-0.15, -0.1) is 11.7 Å². The maximum Gasteiger partial charge on any atom is 0.363 e. The van der Waals surface area contributed by atoms with Gasteiger partial charge in [-0.2, -0.15) is 8.78 Å². The van der Waals surface area contributed by atoms with Crippen LogP contribution in [0, 0.1) is 0 Å². The predicted molar refractivity (Wildman–Crippen MR) is 28.6 cm³/mol. The third-order valence-electron chi connectivity index (χ3n) is 0.238. The van der Waals surface area contributed by atoms with Crippen molar-refractivity contribution in [3.63, 3.8) is 0 Å². The highest BCUT2D eigenvalue weighted by Crippen LogP contribution is 2.17. The van der Waals surface area contributed by atoms with E-state index in [9.17, 15) is 8.78 Å². The molecule has 0 saturated carbocycles. The van der Waals surface area contributed by atoms with E-state index < -0.39 is 11.9 Å². The van der Waals surface area contributed by atoms with Crippen LogP contribution < -0.4 is 0 Å². The molecule has 0 amide bonds. The van der Waals surface area contributed by atoms with Gasteiger partial charge in [0, 0.05) is 0 Å². The number of thiol groups is 1. The lowest BCUT2D eigenvalue weighted by atomic mass is 10.8. The zero-order valence-corrected chi connectivity index (χ0v) is 4.98. The quantitative estimate of drug-likeness (QED) is 0.450. The molecule has 7 heavy (non-hydrogen) atoms. The van der Waals surface area contributed by atoms with E-state index in [1.807, 2.05) is 0 Å². The van der Waals surface area contributed by atoms with E-state index in [1.54, 1.807) is 0 Å². The van der Waals surface area contributed by atoms with Crippen LogP contribution in [0.1, 0.15) is 0 Å². The second-order valence-electron chi connectivity index (χ2n) is 0.939. The third-order valence-corrected chi connectivity index (χ3v) is 1.10. The van der Waals surface area contributed by atoms with Gasteiger partial charge in [-0.25, -0.2) is 0 Å². The van der Waals surface area contributed by atoms with E-state index >= 15 is 0 Å². The van der Waals surface area contributed by atoms with Crippen molar-refractivity contribution in [1.29, 1.82) is 0 Å². The summed E-state index contributed by atoms with van der Waals surface area (Å²) < 4.78 is 22.4. The van der Waals surface area contributed by atoms with Gasteiger partial charge in [0.25, 0.3) is 0 Å². The van der Waals surface area contributed by atoms with Crippen molar-refractivity contribution in [2.24, 2.45) is 0 Å². The monoisotopic (exact) mass is 146 g/mol. The Labute approximate surface area is 48.9 Å². The van der Waals surface area contributed by atoms with Crippen molar-refractivity contribution < 1.29 is 13.9 Å². The second kappa shape index (κ2) is 2.74. The summed E-state index contributed by atoms with van der Waals surface area (Å²) in [5.41, 5.74) is 0. The molecular formula is C2H4F2OS2. The van der Waals surface area contributed by atoms with Gasteiger partial charge in [0.15, 0.2) is 0 Å². The lowest BCUT2D eigenvalue weighted by Gasteiger charge is -2.02. The molecule has 0 aliphatic rings. The van der Waals surface area contributed by atoms with Crippen LogP contribution in [-0.4, -0.2) is 17.0 Å². The van der Waals surface area contributed by atoms with Crippen LogP contribution >= 0.6 is 22.5 Å². The van der Waals surface area contributed by atoms with E-state index in [-0.39, 0.29) is 0 Å². The minimum Gasteiger partial charge on any atom is -0.336 e. The van der Waals surface area contributed by atoms with Crippen molar-refractivity contribution in [3.05, 3.63) is 0 Å². The van der Waals surface area contributed by atoms with Gasteiger partial charge in [-0.3, -0.25) is 0 Å². The molecule has 0 aromatic rings. The zero-order chi connectivity index (χ0) is 5.91. The Morgan fingerprint density at radius 3 is 2.14 bits per heavy atom. The molecule has 0 aliphatic heterocycles. The number of halogens is 2. The van der Waals surface area contributed by atoms with E-state index in [4.69, 9.17) is 5.11 Å². The van der Waals surface area contributed by atoms with Gasteiger partial charge < -0.3 is 5.11 Å². The Bertz CT molecular complexity index is 52.1. The normalized spacial score (nSPS) is 12.0. The van der Waals surface area contributed by atoms with Crippen molar-refractivity contribution in [1.82, 2.24) is 0 Å². The SMILES string of the molecule is OC(F)(F)CSS. The summed E-state index contributed by atoms with van der Waals surface area (Å²) in [6.07, 6.45) is -3.56. The summed E-state index contributed by atoms with van der Waals surface area (Å²) in [7, 11) is 0.603. The van der Waals surface area contributed by atoms with E-state index in [0.717, 1.165) is 0 Å². The van der Waals surface area contributed by atoms with E-state index in [1.165, 1.54) is 0 Å². The standard InChI is InChI=1S/C2H4F2OS2/c3-2(4,5)1-7-6/h5-6H,1H2. The molecule has 0 radical (unpaired) electrons. The maximum absolute atomic E-state index is 11.2. The summed E-state index contributed by atoms with van der Waals surface area (Å²) in [4.78, 5) is 0. The molecule has 0 rings (SSSR count). The number of hydrogen-bond donors (Lipinski definition) is 2. The molecule has 5 heteroatoms. The van der Waals surface area contributed by atoms with Crippen molar-refractivity contribution in [2.75, 3.05) is 5.75 Å². The average molecular weight is 146 g/mol. The van der Waals surface area contributed by atoms with Crippen molar-refractivity contribution in [3.8, 4) is 0 Å². The Kier molecular flexibility index (Phi) is 2.94. The Morgan fingerprint density at radius 1 is 1.71 bits per heavy atom. The smallest absolute Gasteiger partial charge is 0.336 e. The van der Waals surface area contributed by atoms with Gasteiger partial charge in [0.05, 0.1) is 5.75 Å². The fourth-order valence-electron chi connectivity index (χ4n) is 0.0777. The van der Waals surface area contributed by atoms with Crippen LogP contribution in [0.4, 0.5) is 8.78 Å². The fraction of sp³-hybridized carbons (Fsp3) is 1.00. The molecule has 1 N–H and O–H groups in total. The largest absolute Gasteiger partial charge is 0.363 e. The van der Waals surface area contributed by atoms with E-state index in [2.05, 4.69) is 11.7 Å². The average Bonchev–Trinajstić information content (AvgIpc) is 1.30. The Morgan fingerprint density at radius 2 is 2.14 bits per heavy atom. The maximum atomic E-state index is 11.2. The van der Waals surface area contributed by atoms with E-state index in [0.29, 0.717) is 10.8 Å². The van der Waals surface area contributed by atoms with Crippen LogP contribution in [0.5, 0.6) is 0 Å². The first-order valence-corrected chi connectivity index (χ1v) is 3.46. The molecule has 0 aromatic heterocycles. The Hall–Kier alpha value is 0.520. The lowest BCUT2D eigenvalue weighted by Crippen LogP contribution is -2.16. The minimum atomic E-state index is -3.56. The van der Waals surface area contributed by atoms with Crippen LogP contribution in [0.15, 0.2) is 0 Å². The molecule has 0 atom stereocenters. The lowest BCUT2D eigenvalue weighted by molar-refractivity contribution is -0.177. The summed E-state index contributed by atoms with van der Waals surface area (Å²) in [5.74, 6) is -0.657. The van der Waals surface area contributed by atoms with Crippen molar-refractivity contribution in [2.45, 2.75) is 6.11 Å². The zero-order valence-electron chi connectivity index (χ0n) is 3.27. The minimum absolute atomic E-state index is 0.603. The third kappa shape index (κ3) is 6.52. The first-order valence-electron chi connectivity index (χ1n) is 1.43. The molecule has 0 bridgehead atoms. The number of alkyl halides is 2. The molecule has 0 fully saturated rings. The Balaban J connectivity index is 3.15. The molecule has 0 saturated heterocycles. The highest BCUT2D eigenvalue weighted by Gasteiger charge is 2.22. The summed E-state index contributed by atoms with van der Waals surface area (Å²) in [6, 6.07) is 0. The number of hydrogen-bond acceptors (Lipinski definition) is 3. The van der Waals surface area contributed by atoms with Gasteiger partial charge in [-0.1, -0.05) is 10.8 Å². The highest BCUT2D eigenvalue weighted by molar-refractivity contribution is 8.68. The number of aliphatic hydroxyl groups is 1. The first-order chi connectivity index (χ1) is 3.06. The van der Waals surface area contributed by atoms with Gasteiger partial charge in [-0.05, 0) is 0 Å². The van der Waals surface area contributed by atoms with Crippen LogP contribution in [0.25, 0.3) is 0 Å². The topological polar surface area (TPSA) is 20.2 Å². The number of rotatable bonds is 2. The molecule has 0 aliphatic carbocycles. The van der Waals surface area contributed by atoms with Gasteiger partial charge in [0.2, 0.25) is 0 Å². The molecule has 0 spiro atoms. The van der Waals surface area contributed by atoms with Crippen LogP contribution in [0.2, 0.25) is 0 Å². The fourth-order valence-corrected chi connectivity index (χ4v) is 0.699. The highest BCUT2D eigenvalue weighted by atomic mass is 33.1. The predicted octanol–water partition coefficient (Wildman–Crippen LogP) is 1.15. The van der Waals surface area contributed by atoms with Gasteiger partial charge in [0.1, 0.15) is 0 Å².